The first kappa shape index (κ1) is 22.7. The van der Waals surface area contributed by atoms with Crippen LogP contribution >= 0.6 is 0 Å². The van der Waals surface area contributed by atoms with Gasteiger partial charge in [-0.3, -0.25) is 19.4 Å². The Hall–Kier alpha value is -1.96. The molecule has 0 spiro atoms. The lowest BCUT2D eigenvalue weighted by atomic mass is 10.1. The topological polar surface area (TPSA) is 56.3 Å². The number of benzene rings is 1. The molecule has 2 aliphatic rings. The number of carbonyl (C=O) groups excluding carboxylic acids is 2. The van der Waals surface area contributed by atoms with E-state index >= 15 is 0 Å². The van der Waals surface area contributed by atoms with Crippen LogP contribution in [0.2, 0.25) is 0 Å². The smallest absolute Gasteiger partial charge is 0.239 e. The Bertz CT molecular complexity index is 685. The largest absolute Gasteiger partial charge is 0.378 e. The van der Waals surface area contributed by atoms with Crippen molar-refractivity contribution in [1.82, 2.24) is 19.6 Å². The summed E-state index contributed by atoms with van der Waals surface area (Å²) < 4.78 is 5.35. The molecule has 2 saturated heterocycles. The van der Waals surface area contributed by atoms with Crippen LogP contribution in [-0.2, 0) is 20.9 Å². The molecule has 2 aliphatic heterocycles. The van der Waals surface area contributed by atoms with E-state index in [2.05, 4.69) is 21.9 Å². The first-order valence-corrected chi connectivity index (χ1v) is 11.2. The maximum Gasteiger partial charge on any atom is 0.239 e. The molecular formula is C23H36N4O3. The van der Waals surface area contributed by atoms with Crippen LogP contribution in [0.4, 0.5) is 0 Å². The minimum Gasteiger partial charge on any atom is -0.378 e. The lowest BCUT2D eigenvalue weighted by Gasteiger charge is -2.41. The zero-order chi connectivity index (χ0) is 21.5. The molecule has 0 N–H and O–H groups in total. The van der Waals surface area contributed by atoms with Crippen molar-refractivity contribution in [3.8, 4) is 0 Å². The number of morpholine rings is 1. The number of carbonyl (C=O) groups is 2. The summed E-state index contributed by atoms with van der Waals surface area (Å²) in [7, 11) is 0. The molecule has 0 saturated carbocycles. The van der Waals surface area contributed by atoms with Crippen LogP contribution in [0.5, 0.6) is 0 Å². The molecule has 7 heteroatoms. The Balaban J connectivity index is 1.50. The normalized spacial score (nSPS) is 20.6. The van der Waals surface area contributed by atoms with Crippen molar-refractivity contribution in [3.05, 3.63) is 35.9 Å². The summed E-state index contributed by atoms with van der Waals surface area (Å²) in [5.41, 5.74) is 1.15. The lowest BCUT2D eigenvalue weighted by molar-refractivity contribution is -0.143. The average Bonchev–Trinajstić information content (AvgIpc) is 2.82. The van der Waals surface area contributed by atoms with Gasteiger partial charge in [0, 0.05) is 52.4 Å². The Kier molecular flexibility index (Phi) is 8.24. The van der Waals surface area contributed by atoms with Gasteiger partial charge in [-0.2, -0.15) is 0 Å². The van der Waals surface area contributed by atoms with E-state index in [4.69, 9.17) is 4.74 Å². The number of hydrogen-bond donors (Lipinski definition) is 0. The maximum absolute atomic E-state index is 13.1. The molecule has 1 aromatic rings. The summed E-state index contributed by atoms with van der Waals surface area (Å²) in [5, 5.41) is 0. The van der Waals surface area contributed by atoms with Gasteiger partial charge in [-0.05, 0) is 26.3 Å². The van der Waals surface area contributed by atoms with Crippen LogP contribution in [0.15, 0.2) is 30.3 Å². The predicted molar refractivity (Wildman–Crippen MR) is 117 cm³/mol. The van der Waals surface area contributed by atoms with E-state index in [1.807, 2.05) is 48.8 Å². The van der Waals surface area contributed by atoms with Gasteiger partial charge in [-0.1, -0.05) is 30.3 Å². The van der Waals surface area contributed by atoms with E-state index in [9.17, 15) is 9.59 Å². The first-order valence-electron chi connectivity index (χ1n) is 11.2. The van der Waals surface area contributed by atoms with Crippen LogP contribution in [0.1, 0.15) is 26.3 Å². The van der Waals surface area contributed by atoms with Crippen LogP contribution in [0.3, 0.4) is 0 Å². The average molecular weight is 417 g/mol. The molecule has 2 amide bonds. The second-order valence-corrected chi connectivity index (χ2v) is 8.20. The quantitative estimate of drug-likeness (QED) is 0.671. The van der Waals surface area contributed by atoms with E-state index < -0.39 is 0 Å². The van der Waals surface area contributed by atoms with Crippen LogP contribution in [0.25, 0.3) is 0 Å². The van der Waals surface area contributed by atoms with Gasteiger partial charge in [0.1, 0.15) is 0 Å². The van der Waals surface area contributed by atoms with Gasteiger partial charge in [-0.25, -0.2) is 0 Å². The molecule has 0 aliphatic carbocycles. The van der Waals surface area contributed by atoms with Crippen molar-refractivity contribution in [3.63, 3.8) is 0 Å². The molecule has 2 atom stereocenters. The summed E-state index contributed by atoms with van der Waals surface area (Å²) in [4.78, 5) is 34.2. The highest BCUT2D eigenvalue weighted by Crippen LogP contribution is 2.15. The molecule has 3 rings (SSSR count). The number of nitrogens with zero attached hydrogens (tertiary/aromatic N) is 4. The Labute approximate surface area is 180 Å². The Morgan fingerprint density at radius 3 is 2.07 bits per heavy atom. The second kappa shape index (κ2) is 10.9. The monoisotopic (exact) mass is 416 g/mol. The molecule has 0 radical (unpaired) electrons. The highest BCUT2D eigenvalue weighted by atomic mass is 16.5. The summed E-state index contributed by atoms with van der Waals surface area (Å²) in [5.74, 6) is 0.364. The number of hydrogen-bond acceptors (Lipinski definition) is 5. The molecule has 166 valence electrons. The molecule has 30 heavy (non-hydrogen) atoms. The third-order valence-electron chi connectivity index (χ3n) is 6.39. The Morgan fingerprint density at radius 1 is 0.933 bits per heavy atom. The molecule has 1 aromatic carbocycles. The van der Waals surface area contributed by atoms with Gasteiger partial charge < -0.3 is 14.5 Å². The zero-order valence-electron chi connectivity index (χ0n) is 18.6. The van der Waals surface area contributed by atoms with E-state index in [0.717, 1.165) is 31.7 Å². The van der Waals surface area contributed by atoms with Gasteiger partial charge >= 0.3 is 0 Å². The molecule has 2 fully saturated rings. The van der Waals surface area contributed by atoms with Crippen molar-refractivity contribution in [2.24, 2.45) is 0 Å². The standard InChI is InChI=1S/C23H36N4O3/c1-4-24(18-21-8-6-5-7-9-21)22(28)19(2)25-10-12-26(13-11-25)20(3)23(29)27-14-16-30-17-15-27/h5-9,19-20H,4,10-18H2,1-3H3. The number of amides is 2. The highest BCUT2D eigenvalue weighted by molar-refractivity contribution is 5.82. The van der Waals surface area contributed by atoms with Gasteiger partial charge in [0.15, 0.2) is 0 Å². The second-order valence-electron chi connectivity index (χ2n) is 8.20. The van der Waals surface area contributed by atoms with Gasteiger partial charge in [0.25, 0.3) is 0 Å². The molecule has 7 nitrogen and oxygen atoms in total. The third-order valence-corrected chi connectivity index (χ3v) is 6.39. The van der Waals surface area contributed by atoms with Gasteiger partial charge in [0.05, 0.1) is 25.3 Å². The summed E-state index contributed by atoms with van der Waals surface area (Å²) in [6.45, 7) is 13.2. The molecule has 2 unspecified atom stereocenters. The minimum atomic E-state index is -0.152. The predicted octanol–water partition coefficient (Wildman–Crippen LogP) is 1.29. The molecule has 0 aromatic heterocycles. The molecule has 0 bridgehead atoms. The van der Waals surface area contributed by atoms with Crippen molar-refractivity contribution >= 4 is 11.8 Å². The summed E-state index contributed by atoms with van der Waals surface area (Å²) in [6.07, 6.45) is 0. The Morgan fingerprint density at radius 2 is 1.50 bits per heavy atom. The number of rotatable bonds is 7. The third kappa shape index (κ3) is 5.59. The fourth-order valence-corrected chi connectivity index (χ4v) is 4.29. The van der Waals surface area contributed by atoms with Crippen LogP contribution in [-0.4, -0.2) is 103 Å². The van der Waals surface area contributed by atoms with E-state index in [1.54, 1.807) is 0 Å². The number of ether oxygens (including phenoxy) is 1. The highest BCUT2D eigenvalue weighted by Gasteiger charge is 2.32. The summed E-state index contributed by atoms with van der Waals surface area (Å²) in [6, 6.07) is 9.86. The fraction of sp³-hybridized carbons (Fsp3) is 0.652. The number of piperazine rings is 1. The minimum absolute atomic E-state index is 0.124. The SMILES string of the molecule is CCN(Cc1ccccc1)C(=O)C(C)N1CCN(C(C)C(=O)N2CCOCC2)CC1. The molecule has 2 heterocycles. The maximum atomic E-state index is 13.1. The first-order chi connectivity index (χ1) is 14.5. The molecular weight excluding hydrogens is 380 g/mol. The van der Waals surface area contributed by atoms with E-state index in [1.165, 1.54) is 0 Å². The zero-order valence-corrected chi connectivity index (χ0v) is 18.6. The van der Waals surface area contributed by atoms with E-state index in [0.29, 0.717) is 39.4 Å². The fourth-order valence-electron chi connectivity index (χ4n) is 4.29. The van der Waals surface area contributed by atoms with Crippen LogP contribution < -0.4 is 0 Å². The lowest BCUT2D eigenvalue weighted by Crippen LogP contribution is -2.58. The van der Waals surface area contributed by atoms with Crippen molar-refractivity contribution in [2.75, 3.05) is 59.0 Å². The number of likely N-dealkylation sites (N-methyl/N-ethyl adjacent to an activating group) is 1. The van der Waals surface area contributed by atoms with Gasteiger partial charge in [-0.15, -0.1) is 0 Å². The van der Waals surface area contributed by atoms with Crippen molar-refractivity contribution in [1.29, 1.82) is 0 Å². The van der Waals surface area contributed by atoms with E-state index in [-0.39, 0.29) is 23.9 Å². The summed E-state index contributed by atoms with van der Waals surface area (Å²) >= 11 is 0. The van der Waals surface area contributed by atoms with Gasteiger partial charge in [0.2, 0.25) is 11.8 Å². The van der Waals surface area contributed by atoms with Crippen LogP contribution in [0, 0.1) is 0 Å². The van der Waals surface area contributed by atoms with Crippen molar-refractivity contribution in [2.45, 2.75) is 39.4 Å². The van der Waals surface area contributed by atoms with Crippen molar-refractivity contribution < 1.29 is 14.3 Å².